The van der Waals surface area contributed by atoms with E-state index < -0.39 is 0 Å². The lowest BCUT2D eigenvalue weighted by Gasteiger charge is -2.13. The molecule has 0 aliphatic carbocycles. The maximum atomic E-state index is 11.4. The number of carbonyl (C=O) groups is 1. The molecular formula is C12H13NO2S. The summed E-state index contributed by atoms with van der Waals surface area (Å²) in [4.78, 5) is 11.4. The van der Waals surface area contributed by atoms with E-state index in [1.165, 1.54) is 0 Å². The minimum Gasteiger partial charge on any atom is -0.462 e. The Balaban J connectivity index is 2.09. The van der Waals surface area contributed by atoms with Crippen LogP contribution in [-0.4, -0.2) is 18.3 Å². The van der Waals surface area contributed by atoms with Gasteiger partial charge in [0.25, 0.3) is 0 Å². The Morgan fingerprint density at radius 1 is 1.44 bits per heavy atom. The molecule has 0 N–H and O–H groups in total. The van der Waals surface area contributed by atoms with Crippen LogP contribution < -0.4 is 4.31 Å². The summed E-state index contributed by atoms with van der Waals surface area (Å²) >= 11 is 1.73. The first-order valence-electron chi connectivity index (χ1n) is 5.17. The maximum absolute atomic E-state index is 11.4. The molecule has 3 nitrogen and oxygen atoms in total. The standard InChI is InChI=1S/C12H13NO2S/c1-2-15-12(14)10-4-6-11(7-5-10)13-8-3-9-16-13/h3-8H,2,9H2,1H3. The third-order valence-electron chi connectivity index (χ3n) is 2.18. The minimum atomic E-state index is -0.265. The zero-order valence-corrected chi connectivity index (χ0v) is 9.87. The van der Waals surface area contributed by atoms with Crippen LogP contribution in [0.1, 0.15) is 17.3 Å². The topological polar surface area (TPSA) is 29.5 Å². The molecule has 0 aromatic heterocycles. The van der Waals surface area contributed by atoms with Gasteiger partial charge in [-0.15, -0.1) is 0 Å². The first-order valence-corrected chi connectivity index (χ1v) is 6.11. The van der Waals surface area contributed by atoms with E-state index in [2.05, 4.69) is 10.4 Å². The largest absolute Gasteiger partial charge is 0.462 e. The summed E-state index contributed by atoms with van der Waals surface area (Å²) in [6.45, 7) is 2.21. The zero-order chi connectivity index (χ0) is 11.4. The second-order valence-electron chi connectivity index (χ2n) is 3.27. The molecule has 1 aliphatic heterocycles. The minimum absolute atomic E-state index is 0.265. The van der Waals surface area contributed by atoms with Gasteiger partial charge in [-0.3, -0.25) is 4.31 Å². The van der Waals surface area contributed by atoms with Gasteiger partial charge < -0.3 is 4.74 Å². The van der Waals surface area contributed by atoms with Crippen molar-refractivity contribution in [3.05, 3.63) is 42.1 Å². The van der Waals surface area contributed by atoms with Crippen molar-refractivity contribution in [2.75, 3.05) is 16.7 Å². The van der Waals surface area contributed by atoms with Gasteiger partial charge >= 0.3 is 5.97 Å². The van der Waals surface area contributed by atoms with Gasteiger partial charge in [0.05, 0.1) is 17.9 Å². The number of carbonyl (C=O) groups excluding carboxylic acids is 1. The van der Waals surface area contributed by atoms with Gasteiger partial charge in [-0.25, -0.2) is 4.79 Å². The van der Waals surface area contributed by atoms with E-state index in [4.69, 9.17) is 4.74 Å². The zero-order valence-electron chi connectivity index (χ0n) is 9.05. The molecule has 0 atom stereocenters. The average molecular weight is 235 g/mol. The summed E-state index contributed by atoms with van der Waals surface area (Å²) < 4.78 is 7.00. The van der Waals surface area contributed by atoms with Crippen molar-refractivity contribution >= 4 is 23.6 Å². The van der Waals surface area contributed by atoms with Gasteiger partial charge in [0.2, 0.25) is 0 Å². The smallest absolute Gasteiger partial charge is 0.338 e. The molecule has 2 rings (SSSR count). The van der Waals surface area contributed by atoms with Crippen LogP contribution in [0.3, 0.4) is 0 Å². The van der Waals surface area contributed by atoms with Gasteiger partial charge in [0, 0.05) is 12.0 Å². The fourth-order valence-electron chi connectivity index (χ4n) is 1.42. The van der Waals surface area contributed by atoms with E-state index in [1.807, 2.05) is 18.3 Å². The fourth-order valence-corrected chi connectivity index (χ4v) is 2.20. The van der Waals surface area contributed by atoms with Gasteiger partial charge in [0.1, 0.15) is 0 Å². The molecule has 0 bridgehead atoms. The molecule has 0 amide bonds. The number of nitrogens with zero attached hydrogens (tertiary/aromatic N) is 1. The molecule has 84 valence electrons. The van der Waals surface area contributed by atoms with Crippen LogP contribution in [0.5, 0.6) is 0 Å². The van der Waals surface area contributed by atoms with E-state index in [0.717, 1.165) is 11.4 Å². The number of ether oxygens (including phenoxy) is 1. The van der Waals surface area contributed by atoms with Crippen molar-refractivity contribution in [3.63, 3.8) is 0 Å². The van der Waals surface area contributed by atoms with Gasteiger partial charge in [-0.2, -0.15) is 0 Å². The predicted octanol–water partition coefficient (Wildman–Crippen LogP) is 2.85. The van der Waals surface area contributed by atoms with Crippen LogP contribution >= 0.6 is 11.9 Å². The van der Waals surface area contributed by atoms with Crippen LogP contribution in [0, 0.1) is 0 Å². The highest BCUT2D eigenvalue weighted by Crippen LogP contribution is 2.27. The number of hydrogen-bond acceptors (Lipinski definition) is 4. The Labute approximate surface area is 99.2 Å². The van der Waals surface area contributed by atoms with Crippen LogP contribution in [0.25, 0.3) is 0 Å². The molecule has 4 heteroatoms. The lowest BCUT2D eigenvalue weighted by molar-refractivity contribution is 0.0526. The van der Waals surface area contributed by atoms with Crippen molar-refractivity contribution in [3.8, 4) is 0 Å². The molecule has 16 heavy (non-hydrogen) atoms. The number of benzene rings is 1. The number of esters is 1. The summed E-state index contributed by atoms with van der Waals surface area (Å²) in [7, 11) is 0. The molecule has 0 fully saturated rings. The lowest BCUT2D eigenvalue weighted by atomic mass is 10.2. The molecule has 0 unspecified atom stereocenters. The summed E-state index contributed by atoms with van der Waals surface area (Å²) in [5.41, 5.74) is 1.67. The van der Waals surface area contributed by atoms with Gasteiger partial charge in [-0.05, 0) is 43.1 Å². The van der Waals surface area contributed by atoms with Crippen molar-refractivity contribution < 1.29 is 9.53 Å². The molecule has 0 radical (unpaired) electrons. The first-order chi connectivity index (χ1) is 7.81. The molecule has 1 heterocycles. The summed E-state index contributed by atoms with van der Waals surface area (Å²) in [6, 6.07) is 7.43. The summed E-state index contributed by atoms with van der Waals surface area (Å²) in [6.07, 6.45) is 4.13. The first kappa shape index (κ1) is 11.1. The van der Waals surface area contributed by atoms with E-state index >= 15 is 0 Å². The number of anilines is 1. The van der Waals surface area contributed by atoms with E-state index in [9.17, 15) is 4.79 Å². The van der Waals surface area contributed by atoms with Crippen LogP contribution in [0.15, 0.2) is 36.5 Å². The van der Waals surface area contributed by atoms with Crippen molar-refractivity contribution in [2.24, 2.45) is 0 Å². The van der Waals surface area contributed by atoms with Gasteiger partial charge in [-0.1, -0.05) is 6.08 Å². The number of rotatable bonds is 3. The highest BCUT2D eigenvalue weighted by atomic mass is 32.2. The third-order valence-corrected chi connectivity index (χ3v) is 3.14. The summed E-state index contributed by atoms with van der Waals surface area (Å²) in [5.74, 6) is 0.735. The van der Waals surface area contributed by atoms with E-state index in [-0.39, 0.29) is 5.97 Å². The lowest BCUT2D eigenvalue weighted by Crippen LogP contribution is -2.05. The van der Waals surface area contributed by atoms with Crippen molar-refractivity contribution in [2.45, 2.75) is 6.92 Å². The fraction of sp³-hybridized carbons (Fsp3) is 0.250. The van der Waals surface area contributed by atoms with Gasteiger partial charge in [0.15, 0.2) is 0 Å². The SMILES string of the molecule is CCOC(=O)c1ccc(N2C=CCS2)cc1. The second kappa shape index (κ2) is 5.07. The second-order valence-corrected chi connectivity index (χ2v) is 4.26. The highest BCUT2D eigenvalue weighted by Gasteiger charge is 2.10. The van der Waals surface area contributed by atoms with Crippen molar-refractivity contribution in [1.29, 1.82) is 0 Å². The Hall–Kier alpha value is -1.42. The molecule has 1 aromatic carbocycles. The predicted molar refractivity (Wildman–Crippen MR) is 66.5 cm³/mol. The Morgan fingerprint density at radius 2 is 2.19 bits per heavy atom. The maximum Gasteiger partial charge on any atom is 0.338 e. The molecule has 1 aromatic rings. The third kappa shape index (κ3) is 2.39. The molecule has 0 saturated heterocycles. The van der Waals surface area contributed by atoms with E-state index in [1.54, 1.807) is 31.0 Å². The molecule has 0 saturated carbocycles. The monoisotopic (exact) mass is 235 g/mol. The highest BCUT2D eigenvalue weighted by molar-refractivity contribution is 8.01. The Kier molecular flexibility index (Phi) is 3.51. The Bertz CT molecular complexity index is 400. The summed E-state index contributed by atoms with van der Waals surface area (Å²) in [5, 5.41) is 0. The normalized spacial score (nSPS) is 14.2. The number of hydrogen-bond donors (Lipinski definition) is 0. The molecule has 1 aliphatic rings. The quantitative estimate of drug-likeness (QED) is 0.595. The van der Waals surface area contributed by atoms with Crippen LogP contribution in [-0.2, 0) is 4.74 Å². The van der Waals surface area contributed by atoms with Crippen LogP contribution in [0.4, 0.5) is 5.69 Å². The van der Waals surface area contributed by atoms with Crippen molar-refractivity contribution in [1.82, 2.24) is 0 Å². The molecule has 0 spiro atoms. The Morgan fingerprint density at radius 3 is 2.75 bits per heavy atom. The molecular weight excluding hydrogens is 222 g/mol. The van der Waals surface area contributed by atoms with E-state index in [0.29, 0.717) is 12.2 Å². The average Bonchev–Trinajstić information content (AvgIpc) is 2.83. The van der Waals surface area contributed by atoms with Crippen LogP contribution in [0.2, 0.25) is 0 Å².